The number of amides is 7. The first-order valence-electron chi connectivity index (χ1n) is 20.0. The first-order chi connectivity index (χ1) is 27.9. The van der Waals surface area contributed by atoms with Gasteiger partial charge in [-0.2, -0.15) is 0 Å². The first kappa shape index (κ1) is 45.9. The van der Waals surface area contributed by atoms with Crippen LogP contribution in [0.3, 0.4) is 0 Å². The van der Waals surface area contributed by atoms with Crippen LogP contribution in [0.4, 0.5) is 0 Å². The Bertz CT molecular complexity index is 1810. The number of nitrogens with zero attached hydrogens (tertiary/aromatic N) is 1. The number of primary amides is 2. The number of aromatic hydroxyl groups is 1. The summed E-state index contributed by atoms with van der Waals surface area (Å²) in [5.74, 6) is -5.04. The average molecular weight is 823 g/mol. The molecule has 5 rings (SSSR count). The van der Waals surface area contributed by atoms with E-state index in [9.17, 15) is 43.8 Å². The smallest absolute Gasteiger partial charge is 0.258 e. The van der Waals surface area contributed by atoms with Gasteiger partial charge < -0.3 is 53.0 Å². The molecular weight excluding hydrogens is 764 g/mol. The Hall–Kier alpha value is -5.75. The van der Waals surface area contributed by atoms with Gasteiger partial charge in [0, 0.05) is 13.0 Å². The van der Waals surface area contributed by atoms with Gasteiger partial charge in [-0.05, 0) is 73.0 Å². The molecule has 7 amide bonds. The molecule has 3 aliphatic rings. The number of aliphatic hydroxyl groups is 1. The van der Waals surface area contributed by atoms with Crippen molar-refractivity contribution in [2.75, 3.05) is 19.7 Å². The maximum Gasteiger partial charge on any atom is 0.258 e. The highest BCUT2D eigenvalue weighted by Gasteiger charge is 2.38. The number of likely N-dealkylation sites (tertiary alicyclic amines) is 1. The van der Waals surface area contributed by atoms with Gasteiger partial charge >= 0.3 is 0 Å². The van der Waals surface area contributed by atoms with Gasteiger partial charge in [0.25, 0.3) is 5.91 Å². The number of rotatable bonds is 15. The lowest BCUT2D eigenvalue weighted by atomic mass is 9.96. The van der Waals surface area contributed by atoms with E-state index in [4.69, 9.17) is 16.2 Å². The second kappa shape index (κ2) is 21.3. The summed E-state index contributed by atoms with van der Waals surface area (Å²) in [6.45, 7) is 7.10. The lowest BCUT2D eigenvalue weighted by molar-refractivity contribution is -0.135. The fraction of sp³-hybridized carbons (Fsp3) is 0.537. The molecule has 322 valence electrons. The molecule has 0 radical (unpaired) electrons. The number of carbonyl (C=O) groups excluding carboxylic acids is 7. The molecule has 0 aromatic heterocycles. The zero-order chi connectivity index (χ0) is 43.4. The summed E-state index contributed by atoms with van der Waals surface area (Å²) in [7, 11) is 0. The number of carbonyl (C=O) groups is 7. The van der Waals surface area contributed by atoms with Crippen LogP contribution < -0.4 is 42.8 Å². The number of hydrogen-bond donors (Lipinski definition) is 9. The van der Waals surface area contributed by atoms with Crippen molar-refractivity contribution in [3.8, 4) is 11.5 Å². The Morgan fingerprint density at radius 2 is 1.56 bits per heavy atom. The standard InChI is InChI=1S/C41H58N8O10/c1-5-23(4)36(41(58)47-35(22(2)3)37(43)54)48-40(57)31-7-6-16-49(31)20-32(51)28-17-25-10-14-27(15-11-25)59-21-34(53)44-29(18-24-8-12-26(50)13-9-24)38(55)46-30(19-33(42)52)39(56)45-28/h8-15,22-23,28-32,35-36,50-51H,5-7,16-21H2,1-4H3,(H2,42,52)(H2,43,54)(H,44,53)(H,45,56)(H,46,55)(H,47,58)(H,48,57)/t23?,28?,29-,30-,31-,32?,35-,36-/m0/s1. The average Bonchev–Trinajstić information content (AvgIpc) is 3.65. The van der Waals surface area contributed by atoms with Crippen molar-refractivity contribution >= 4 is 41.4 Å². The molecule has 2 aromatic carbocycles. The number of nitrogens with one attached hydrogen (secondary N) is 5. The van der Waals surface area contributed by atoms with E-state index in [0.717, 1.165) is 0 Å². The molecule has 0 saturated carbocycles. The zero-order valence-electron chi connectivity index (χ0n) is 33.9. The summed E-state index contributed by atoms with van der Waals surface area (Å²) in [4.78, 5) is 93.9. The molecule has 18 nitrogen and oxygen atoms in total. The second-order valence-corrected chi connectivity index (χ2v) is 15.7. The Morgan fingerprint density at radius 1 is 0.898 bits per heavy atom. The van der Waals surface area contributed by atoms with Crippen molar-refractivity contribution in [3.05, 3.63) is 59.7 Å². The number of aliphatic hydroxyl groups excluding tert-OH is 1. The number of phenolic OH excluding ortho intramolecular Hbond substituents is 1. The minimum atomic E-state index is -1.50. The minimum absolute atomic E-state index is 0.00379. The largest absolute Gasteiger partial charge is 0.508 e. The summed E-state index contributed by atoms with van der Waals surface area (Å²) in [6, 6.07) is 6.24. The molecule has 1 saturated heterocycles. The van der Waals surface area contributed by atoms with Crippen LogP contribution in [0.2, 0.25) is 0 Å². The van der Waals surface area contributed by atoms with Crippen molar-refractivity contribution in [1.82, 2.24) is 31.5 Å². The fourth-order valence-corrected chi connectivity index (χ4v) is 7.16. The van der Waals surface area contributed by atoms with Crippen LogP contribution in [-0.2, 0) is 46.4 Å². The predicted octanol–water partition coefficient (Wildman–Crippen LogP) is -1.12. The van der Waals surface area contributed by atoms with E-state index >= 15 is 0 Å². The molecule has 18 heteroatoms. The molecule has 0 aliphatic carbocycles. The highest BCUT2D eigenvalue weighted by Crippen LogP contribution is 2.22. The summed E-state index contributed by atoms with van der Waals surface area (Å²) in [6.07, 6.45) is -0.275. The molecule has 11 N–H and O–H groups in total. The van der Waals surface area contributed by atoms with Gasteiger partial charge in [0.2, 0.25) is 35.4 Å². The van der Waals surface area contributed by atoms with E-state index in [0.29, 0.717) is 42.7 Å². The number of hydrogen-bond acceptors (Lipinski definition) is 11. The van der Waals surface area contributed by atoms with E-state index in [-0.39, 0.29) is 37.0 Å². The van der Waals surface area contributed by atoms with Crippen molar-refractivity contribution in [3.63, 3.8) is 0 Å². The molecule has 1 fully saturated rings. The maximum atomic E-state index is 13.9. The van der Waals surface area contributed by atoms with Crippen molar-refractivity contribution < 1.29 is 48.5 Å². The molecule has 8 atom stereocenters. The number of ether oxygens (including phenoxy) is 1. The number of fused-ring (bicyclic) bond motifs is 13. The van der Waals surface area contributed by atoms with Gasteiger partial charge in [-0.1, -0.05) is 58.4 Å². The van der Waals surface area contributed by atoms with E-state index in [1.54, 1.807) is 55.1 Å². The molecule has 59 heavy (non-hydrogen) atoms. The van der Waals surface area contributed by atoms with Gasteiger partial charge in [0.1, 0.15) is 35.7 Å². The number of β-amino-alcohol motifs (C(OH)–C–C–N with tert-alkyl or cyclic N) is 1. The number of benzene rings is 2. The summed E-state index contributed by atoms with van der Waals surface area (Å²) >= 11 is 0. The Morgan fingerprint density at radius 3 is 2.17 bits per heavy atom. The Labute approximate surface area is 343 Å². The number of nitrogens with two attached hydrogens (primary N) is 2. The molecule has 2 bridgehead atoms. The van der Waals surface area contributed by atoms with Crippen LogP contribution in [0.25, 0.3) is 0 Å². The van der Waals surface area contributed by atoms with Gasteiger partial charge in [-0.15, -0.1) is 0 Å². The molecular formula is C41H58N8O10. The van der Waals surface area contributed by atoms with Crippen LogP contribution in [0, 0.1) is 11.8 Å². The van der Waals surface area contributed by atoms with Gasteiger partial charge in [-0.25, -0.2) is 0 Å². The van der Waals surface area contributed by atoms with Crippen molar-refractivity contribution in [2.45, 2.75) is 109 Å². The normalized spacial score (nSPS) is 22.5. The fourth-order valence-electron chi connectivity index (χ4n) is 7.16. The quantitative estimate of drug-likeness (QED) is 0.0971. The first-order valence-corrected chi connectivity index (χ1v) is 20.0. The molecule has 2 aromatic rings. The lowest BCUT2D eigenvalue weighted by Gasteiger charge is -2.33. The molecule has 3 aliphatic heterocycles. The maximum absolute atomic E-state index is 13.9. The second-order valence-electron chi connectivity index (χ2n) is 15.7. The highest BCUT2D eigenvalue weighted by molar-refractivity contribution is 5.95. The van der Waals surface area contributed by atoms with Crippen molar-refractivity contribution in [2.24, 2.45) is 23.3 Å². The van der Waals surface area contributed by atoms with Crippen LogP contribution in [0.1, 0.15) is 64.5 Å². The third-order valence-corrected chi connectivity index (χ3v) is 10.8. The zero-order valence-corrected chi connectivity index (χ0v) is 33.9. The monoisotopic (exact) mass is 822 g/mol. The Kier molecular flexibility index (Phi) is 16.6. The molecule has 0 spiro atoms. The van der Waals surface area contributed by atoms with Crippen molar-refractivity contribution in [1.29, 1.82) is 0 Å². The van der Waals surface area contributed by atoms with Gasteiger partial charge in [0.15, 0.2) is 6.61 Å². The SMILES string of the molecule is CCC(C)[C@H](NC(=O)[C@@H]1CCCN1CC(O)C1Cc2ccc(cc2)OCC(=O)N[C@@H](Cc2ccc(O)cc2)C(=O)N[C@@H](CC(N)=O)C(=O)N1)C(=O)N[C@H](C(N)=O)C(C)C. The van der Waals surface area contributed by atoms with E-state index < -0.39 is 96.7 Å². The van der Waals surface area contributed by atoms with Crippen LogP contribution in [-0.4, -0.2) is 119 Å². The van der Waals surface area contributed by atoms with Gasteiger partial charge in [-0.3, -0.25) is 38.5 Å². The molecule has 3 heterocycles. The van der Waals surface area contributed by atoms with Crippen LogP contribution >= 0.6 is 0 Å². The highest BCUT2D eigenvalue weighted by atomic mass is 16.5. The third-order valence-electron chi connectivity index (χ3n) is 10.8. The summed E-state index contributed by atoms with van der Waals surface area (Å²) < 4.78 is 5.67. The third kappa shape index (κ3) is 13.4. The van der Waals surface area contributed by atoms with Crippen LogP contribution in [0.5, 0.6) is 11.5 Å². The summed E-state index contributed by atoms with van der Waals surface area (Å²) in [5.41, 5.74) is 12.3. The van der Waals surface area contributed by atoms with E-state index in [2.05, 4.69) is 26.6 Å². The minimum Gasteiger partial charge on any atom is -0.508 e. The predicted molar refractivity (Wildman–Crippen MR) is 215 cm³/mol. The van der Waals surface area contributed by atoms with Crippen LogP contribution in [0.15, 0.2) is 48.5 Å². The topological polar surface area (TPSA) is 285 Å². The number of phenols is 1. The lowest BCUT2D eigenvalue weighted by Crippen LogP contribution is -2.60. The molecule has 3 unspecified atom stereocenters. The van der Waals surface area contributed by atoms with Gasteiger partial charge in [0.05, 0.1) is 24.6 Å². The van der Waals surface area contributed by atoms with E-state index in [1.165, 1.54) is 12.1 Å². The Balaban J connectivity index is 1.57. The summed E-state index contributed by atoms with van der Waals surface area (Å²) in [5, 5.41) is 35.0. The van der Waals surface area contributed by atoms with E-state index in [1.807, 2.05) is 13.8 Å².